The second kappa shape index (κ2) is 8.84. The van der Waals surface area contributed by atoms with Crippen molar-refractivity contribution in [1.29, 1.82) is 0 Å². The highest BCUT2D eigenvalue weighted by Crippen LogP contribution is 2.68. The van der Waals surface area contributed by atoms with Gasteiger partial charge in [-0.3, -0.25) is 14.4 Å². The Morgan fingerprint density at radius 2 is 2.14 bits per heavy atom. The van der Waals surface area contributed by atoms with Crippen molar-refractivity contribution in [1.82, 2.24) is 10.2 Å². The molecule has 2 amide bonds. The first-order valence-electron chi connectivity index (χ1n) is 10.9. The summed E-state index contributed by atoms with van der Waals surface area (Å²) in [6.07, 6.45) is 3.05. The molecule has 0 aromatic heterocycles. The minimum absolute atomic E-state index is 0.0151. The highest BCUT2D eigenvalue weighted by atomic mass is 32.2. The SMILES string of the molecule is CCCC(C)NC(=O)C1N(CCCO)C(=O)[C@@H]2[C@@H](C(=O)OCC)[C@H]3CC(C)C12S3. The summed E-state index contributed by atoms with van der Waals surface area (Å²) in [4.78, 5) is 41.3. The van der Waals surface area contributed by atoms with Crippen molar-refractivity contribution in [3.05, 3.63) is 0 Å². The monoisotopic (exact) mass is 426 g/mol. The van der Waals surface area contributed by atoms with Crippen molar-refractivity contribution in [2.45, 2.75) is 75.5 Å². The molecule has 0 aliphatic carbocycles. The van der Waals surface area contributed by atoms with Gasteiger partial charge in [0.05, 0.1) is 23.2 Å². The van der Waals surface area contributed by atoms with Crippen molar-refractivity contribution in [2.24, 2.45) is 17.8 Å². The fraction of sp³-hybridized carbons (Fsp3) is 0.857. The molecule has 164 valence electrons. The van der Waals surface area contributed by atoms with Crippen molar-refractivity contribution >= 4 is 29.5 Å². The lowest BCUT2D eigenvalue weighted by Crippen LogP contribution is -2.57. The van der Waals surface area contributed by atoms with Gasteiger partial charge in [0.25, 0.3) is 0 Å². The van der Waals surface area contributed by atoms with Crippen LogP contribution in [0.4, 0.5) is 0 Å². The van der Waals surface area contributed by atoms with Crippen molar-refractivity contribution < 1.29 is 24.2 Å². The number of thioether (sulfide) groups is 1. The molecule has 7 atom stereocenters. The van der Waals surface area contributed by atoms with E-state index in [1.165, 1.54) is 0 Å². The molecular weight excluding hydrogens is 392 g/mol. The van der Waals surface area contributed by atoms with Crippen molar-refractivity contribution in [3.8, 4) is 0 Å². The van der Waals surface area contributed by atoms with Crippen LogP contribution < -0.4 is 5.32 Å². The van der Waals surface area contributed by atoms with Crippen molar-refractivity contribution in [2.75, 3.05) is 19.8 Å². The number of aliphatic hydroxyl groups excluding tert-OH is 1. The number of ether oxygens (including phenoxy) is 1. The molecule has 3 fully saturated rings. The van der Waals surface area contributed by atoms with Gasteiger partial charge in [-0.1, -0.05) is 20.3 Å². The summed E-state index contributed by atoms with van der Waals surface area (Å²) in [6.45, 7) is 8.48. The number of carbonyl (C=O) groups excluding carboxylic acids is 3. The summed E-state index contributed by atoms with van der Waals surface area (Å²) >= 11 is 1.65. The number of likely N-dealkylation sites (tertiary alicyclic amines) is 1. The van der Waals surface area contributed by atoms with E-state index >= 15 is 0 Å². The van der Waals surface area contributed by atoms with Gasteiger partial charge in [0, 0.05) is 24.4 Å². The van der Waals surface area contributed by atoms with Crippen LogP contribution >= 0.6 is 11.8 Å². The molecule has 3 heterocycles. The molecular formula is C21H34N2O5S. The van der Waals surface area contributed by atoms with Crippen LogP contribution in [0.5, 0.6) is 0 Å². The summed E-state index contributed by atoms with van der Waals surface area (Å²) in [5.74, 6) is -1.47. The first kappa shape index (κ1) is 22.4. The third-order valence-corrected chi connectivity index (χ3v) is 8.80. The molecule has 0 radical (unpaired) electrons. The number of fused-ring (bicyclic) bond motifs is 1. The lowest BCUT2D eigenvalue weighted by atomic mass is 9.66. The van der Waals surface area contributed by atoms with Crippen LogP contribution in [0.3, 0.4) is 0 Å². The summed E-state index contributed by atoms with van der Waals surface area (Å²) in [5, 5.41) is 12.5. The zero-order valence-corrected chi connectivity index (χ0v) is 18.7. The minimum atomic E-state index is -0.615. The Morgan fingerprint density at radius 3 is 2.76 bits per heavy atom. The number of nitrogens with one attached hydrogen (secondary N) is 1. The molecule has 3 aliphatic heterocycles. The Bertz CT molecular complexity index is 659. The fourth-order valence-corrected chi connectivity index (χ4v) is 8.04. The second-order valence-corrected chi connectivity index (χ2v) is 10.2. The third-order valence-electron chi connectivity index (χ3n) is 6.72. The minimum Gasteiger partial charge on any atom is -0.466 e. The van der Waals surface area contributed by atoms with E-state index in [1.54, 1.807) is 23.6 Å². The summed E-state index contributed by atoms with van der Waals surface area (Å²) < 4.78 is 4.71. The molecule has 4 unspecified atom stereocenters. The molecule has 3 aliphatic rings. The molecule has 0 aromatic rings. The number of aliphatic hydroxyl groups is 1. The van der Waals surface area contributed by atoms with Gasteiger partial charge >= 0.3 is 5.97 Å². The normalized spacial score (nSPS) is 36.2. The molecule has 29 heavy (non-hydrogen) atoms. The van der Waals surface area contributed by atoms with Gasteiger partial charge in [-0.15, -0.1) is 11.8 Å². The van der Waals surface area contributed by atoms with Crippen LogP contribution in [-0.4, -0.2) is 69.6 Å². The van der Waals surface area contributed by atoms with E-state index in [-0.39, 0.29) is 48.2 Å². The van der Waals surface area contributed by atoms with Gasteiger partial charge in [-0.2, -0.15) is 0 Å². The van der Waals surface area contributed by atoms with Gasteiger partial charge in [-0.25, -0.2) is 0 Å². The lowest BCUT2D eigenvalue weighted by molar-refractivity contribution is -0.154. The molecule has 1 spiro atoms. The largest absolute Gasteiger partial charge is 0.466 e. The zero-order valence-electron chi connectivity index (χ0n) is 17.8. The fourth-order valence-electron chi connectivity index (χ4n) is 5.63. The van der Waals surface area contributed by atoms with Crippen LogP contribution in [-0.2, 0) is 19.1 Å². The number of rotatable bonds is 9. The average Bonchev–Trinajstić information content (AvgIpc) is 3.24. The number of carbonyl (C=O) groups is 3. The molecule has 3 saturated heterocycles. The number of nitrogens with zero attached hydrogens (tertiary/aromatic N) is 1. The topological polar surface area (TPSA) is 95.9 Å². The standard InChI is InChI=1S/C21H34N2O5S/c1-5-8-13(4)22-18(25)17-21-12(3)11-14(29-21)15(20(27)28-6-2)16(21)19(26)23(17)9-7-10-24/h12-17,24H,5-11H2,1-4H3,(H,22,25)/t12?,13?,14-,15+,16+,17?,21?/m1/s1. The van der Waals surface area contributed by atoms with Crippen LogP contribution in [0.15, 0.2) is 0 Å². The maximum Gasteiger partial charge on any atom is 0.310 e. The van der Waals surface area contributed by atoms with Crippen LogP contribution in [0, 0.1) is 17.8 Å². The quantitative estimate of drug-likeness (QED) is 0.544. The van der Waals surface area contributed by atoms with Crippen LogP contribution in [0.2, 0.25) is 0 Å². The molecule has 0 aromatic carbocycles. The second-order valence-electron chi connectivity index (χ2n) is 8.61. The summed E-state index contributed by atoms with van der Waals surface area (Å²) in [7, 11) is 0. The highest BCUT2D eigenvalue weighted by Gasteiger charge is 2.76. The molecule has 2 bridgehead atoms. The van der Waals surface area contributed by atoms with Gasteiger partial charge in [-0.05, 0) is 39.0 Å². The Morgan fingerprint density at radius 1 is 1.41 bits per heavy atom. The smallest absolute Gasteiger partial charge is 0.310 e. The van der Waals surface area contributed by atoms with E-state index < -0.39 is 22.6 Å². The lowest BCUT2D eigenvalue weighted by Gasteiger charge is -2.38. The first-order chi connectivity index (χ1) is 13.8. The predicted molar refractivity (Wildman–Crippen MR) is 111 cm³/mol. The summed E-state index contributed by atoms with van der Waals surface area (Å²) in [5.41, 5.74) is 0. The van der Waals surface area contributed by atoms with Crippen LogP contribution in [0.1, 0.15) is 53.4 Å². The number of hydrogen-bond acceptors (Lipinski definition) is 6. The maximum atomic E-state index is 13.5. The van der Waals surface area contributed by atoms with E-state index in [4.69, 9.17) is 4.74 Å². The summed E-state index contributed by atoms with van der Waals surface area (Å²) in [6, 6.07) is -0.590. The van der Waals surface area contributed by atoms with E-state index in [0.717, 1.165) is 19.3 Å². The molecule has 8 heteroatoms. The molecule has 3 rings (SSSR count). The Hall–Kier alpha value is -1.28. The Balaban J connectivity index is 1.97. The van der Waals surface area contributed by atoms with Crippen LogP contribution in [0.25, 0.3) is 0 Å². The van der Waals surface area contributed by atoms with E-state index in [0.29, 0.717) is 13.0 Å². The van der Waals surface area contributed by atoms with Gasteiger partial charge in [0.1, 0.15) is 6.04 Å². The Labute approximate surface area is 177 Å². The van der Waals surface area contributed by atoms with E-state index in [9.17, 15) is 19.5 Å². The van der Waals surface area contributed by atoms with Gasteiger partial charge in [0.2, 0.25) is 11.8 Å². The maximum absolute atomic E-state index is 13.5. The molecule has 2 N–H and O–H groups in total. The highest BCUT2D eigenvalue weighted by molar-refractivity contribution is 8.02. The number of amides is 2. The Kier molecular flexibility index (Phi) is 6.83. The first-order valence-corrected chi connectivity index (χ1v) is 11.8. The third kappa shape index (κ3) is 3.56. The number of esters is 1. The number of hydrogen-bond donors (Lipinski definition) is 2. The average molecular weight is 427 g/mol. The van der Waals surface area contributed by atoms with E-state index in [2.05, 4.69) is 19.2 Å². The van der Waals surface area contributed by atoms with Gasteiger partial charge in [0.15, 0.2) is 0 Å². The van der Waals surface area contributed by atoms with E-state index in [1.807, 2.05) is 6.92 Å². The molecule has 7 nitrogen and oxygen atoms in total. The van der Waals surface area contributed by atoms with Crippen molar-refractivity contribution in [3.63, 3.8) is 0 Å². The molecule has 0 saturated carbocycles. The van der Waals surface area contributed by atoms with Gasteiger partial charge < -0.3 is 20.1 Å². The zero-order chi connectivity index (χ0) is 21.3. The predicted octanol–water partition coefficient (Wildman–Crippen LogP) is 1.57.